The first-order valence-electron chi connectivity index (χ1n) is 9.39. The Hall–Kier alpha value is -2.72. The summed E-state index contributed by atoms with van der Waals surface area (Å²) in [6, 6.07) is 11.6. The molecule has 0 aliphatic carbocycles. The molecule has 2 amide bonds. The standard InChI is InChI=1S/C23H21IN2O4S/c1-4-9-26-22(28)17(21(27)25-23(26)31)10-16-11-18(24)20(19(12-16)29-3)30-13-15-7-5-14(2)6-8-15/h4-8,10-12H,1,9,13H2,2-3H3,(H,25,27,31)/b17-10+. The fraction of sp³-hybridized carbons (Fsp3) is 0.174. The lowest BCUT2D eigenvalue weighted by atomic mass is 10.1. The summed E-state index contributed by atoms with van der Waals surface area (Å²) in [4.78, 5) is 26.4. The smallest absolute Gasteiger partial charge is 0.265 e. The lowest BCUT2D eigenvalue weighted by molar-refractivity contribution is -0.128. The van der Waals surface area contributed by atoms with Crippen LogP contribution in [0.2, 0.25) is 0 Å². The van der Waals surface area contributed by atoms with Gasteiger partial charge >= 0.3 is 0 Å². The van der Waals surface area contributed by atoms with Crippen molar-refractivity contribution in [2.45, 2.75) is 13.5 Å². The fourth-order valence-corrected chi connectivity index (χ4v) is 3.99. The Morgan fingerprint density at radius 3 is 2.58 bits per heavy atom. The molecule has 1 heterocycles. The van der Waals surface area contributed by atoms with Crippen molar-refractivity contribution < 1.29 is 19.1 Å². The normalized spacial score (nSPS) is 15.1. The summed E-state index contributed by atoms with van der Waals surface area (Å²) in [5.41, 5.74) is 2.84. The second kappa shape index (κ2) is 10.1. The number of amides is 2. The molecule has 160 valence electrons. The van der Waals surface area contributed by atoms with E-state index in [1.54, 1.807) is 19.3 Å². The lowest BCUT2D eigenvalue weighted by Gasteiger charge is -2.27. The minimum absolute atomic E-state index is 0.0124. The third-order valence-electron chi connectivity index (χ3n) is 4.56. The van der Waals surface area contributed by atoms with E-state index >= 15 is 0 Å². The van der Waals surface area contributed by atoms with Crippen LogP contribution in [0.3, 0.4) is 0 Å². The first-order valence-corrected chi connectivity index (χ1v) is 10.9. The van der Waals surface area contributed by atoms with Gasteiger partial charge in [-0.05, 0) is 71.1 Å². The molecule has 1 aliphatic heterocycles. The Morgan fingerprint density at radius 1 is 1.23 bits per heavy atom. The van der Waals surface area contributed by atoms with E-state index in [0.717, 1.165) is 9.13 Å². The van der Waals surface area contributed by atoms with E-state index in [9.17, 15) is 9.59 Å². The van der Waals surface area contributed by atoms with Gasteiger partial charge in [-0.15, -0.1) is 6.58 Å². The number of aryl methyl sites for hydroxylation is 1. The Labute approximate surface area is 200 Å². The lowest BCUT2D eigenvalue weighted by Crippen LogP contribution is -2.53. The molecule has 3 rings (SSSR count). The van der Waals surface area contributed by atoms with Crippen molar-refractivity contribution in [2.75, 3.05) is 13.7 Å². The van der Waals surface area contributed by atoms with Crippen LogP contribution in [-0.2, 0) is 16.2 Å². The highest BCUT2D eigenvalue weighted by molar-refractivity contribution is 14.1. The van der Waals surface area contributed by atoms with Crippen LogP contribution in [0, 0.1) is 10.5 Å². The van der Waals surface area contributed by atoms with Gasteiger partial charge in [-0.1, -0.05) is 35.9 Å². The predicted octanol–water partition coefficient (Wildman–Crippen LogP) is 4.00. The monoisotopic (exact) mass is 548 g/mol. The van der Waals surface area contributed by atoms with Crippen LogP contribution in [0.4, 0.5) is 0 Å². The highest BCUT2D eigenvalue weighted by atomic mass is 127. The van der Waals surface area contributed by atoms with Crippen molar-refractivity contribution in [3.8, 4) is 11.5 Å². The summed E-state index contributed by atoms with van der Waals surface area (Å²) < 4.78 is 12.3. The molecule has 0 saturated carbocycles. The number of hydrogen-bond acceptors (Lipinski definition) is 5. The molecule has 0 radical (unpaired) electrons. The van der Waals surface area contributed by atoms with Gasteiger partial charge in [-0.25, -0.2) is 0 Å². The van der Waals surface area contributed by atoms with Crippen molar-refractivity contribution in [1.82, 2.24) is 10.2 Å². The van der Waals surface area contributed by atoms with Crippen LogP contribution in [0.15, 0.2) is 54.6 Å². The van der Waals surface area contributed by atoms with Crippen LogP contribution in [-0.4, -0.2) is 35.5 Å². The Bertz CT molecular complexity index is 1080. The van der Waals surface area contributed by atoms with Gasteiger partial charge in [-0.2, -0.15) is 0 Å². The molecule has 0 bridgehead atoms. The highest BCUT2D eigenvalue weighted by Crippen LogP contribution is 2.35. The highest BCUT2D eigenvalue weighted by Gasteiger charge is 2.32. The van der Waals surface area contributed by atoms with Gasteiger partial charge in [-0.3, -0.25) is 19.8 Å². The van der Waals surface area contributed by atoms with E-state index in [0.29, 0.717) is 23.7 Å². The van der Waals surface area contributed by atoms with Crippen molar-refractivity contribution >= 4 is 57.8 Å². The third kappa shape index (κ3) is 5.31. The molecule has 6 nitrogen and oxygen atoms in total. The molecule has 2 aromatic rings. The third-order valence-corrected chi connectivity index (χ3v) is 5.69. The number of carbonyl (C=O) groups excluding carboxylic acids is 2. The molecule has 0 aromatic heterocycles. The number of halogens is 1. The Morgan fingerprint density at radius 2 is 1.94 bits per heavy atom. The average molecular weight is 548 g/mol. The van der Waals surface area contributed by atoms with Crippen molar-refractivity contribution in [2.24, 2.45) is 0 Å². The summed E-state index contributed by atoms with van der Waals surface area (Å²) in [6.45, 7) is 6.26. The van der Waals surface area contributed by atoms with Crippen LogP contribution < -0.4 is 14.8 Å². The SMILES string of the molecule is C=CCN1C(=O)/C(=C/c2cc(I)c(OCc3ccc(C)cc3)c(OC)c2)C(=O)NC1=S. The maximum Gasteiger partial charge on any atom is 0.265 e. The van der Waals surface area contributed by atoms with Gasteiger partial charge in [0.25, 0.3) is 11.8 Å². The zero-order chi connectivity index (χ0) is 22.5. The molecular formula is C23H21IN2O4S. The summed E-state index contributed by atoms with van der Waals surface area (Å²) in [5.74, 6) is 0.0963. The van der Waals surface area contributed by atoms with Crippen LogP contribution in [0.5, 0.6) is 11.5 Å². The predicted molar refractivity (Wildman–Crippen MR) is 132 cm³/mol. The number of methoxy groups -OCH3 is 1. The van der Waals surface area contributed by atoms with Crippen molar-refractivity contribution in [3.63, 3.8) is 0 Å². The summed E-state index contributed by atoms with van der Waals surface area (Å²) >= 11 is 7.22. The van der Waals surface area contributed by atoms with E-state index in [1.165, 1.54) is 16.5 Å². The number of nitrogens with zero attached hydrogens (tertiary/aromatic N) is 1. The molecule has 1 N–H and O–H groups in total. The van der Waals surface area contributed by atoms with E-state index in [1.807, 2.05) is 37.3 Å². The second-order valence-electron chi connectivity index (χ2n) is 6.83. The number of hydrogen-bond donors (Lipinski definition) is 1. The average Bonchev–Trinajstić information content (AvgIpc) is 2.74. The van der Waals surface area contributed by atoms with Crippen LogP contribution in [0.1, 0.15) is 16.7 Å². The number of benzene rings is 2. The summed E-state index contributed by atoms with van der Waals surface area (Å²) in [7, 11) is 1.55. The van der Waals surface area contributed by atoms with Crippen LogP contribution >= 0.6 is 34.8 Å². The molecule has 31 heavy (non-hydrogen) atoms. The van der Waals surface area contributed by atoms with Crippen molar-refractivity contribution in [3.05, 3.63) is 74.9 Å². The zero-order valence-electron chi connectivity index (χ0n) is 17.1. The van der Waals surface area contributed by atoms with E-state index < -0.39 is 11.8 Å². The van der Waals surface area contributed by atoms with Gasteiger partial charge in [0.05, 0.1) is 10.7 Å². The van der Waals surface area contributed by atoms with E-state index in [2.05, 4.69) is 34.5 Å². The first kappa shape index (κ1) is 23.0. The first-order chi connectivity index (χ1) is 14.8. The maximum absolute atomic E-state index is 12.7. The molecule has 1 fully saturated rings. The molecule has 0 spiro atoms. The molecule has 8 heteroatoms. The van der Waals surface area contributed by atoms with Crippen molar-refractivity contribution in [1.29, 1.82) is 0 Å². The number of thiocarbonyl (C=S) groups is 1. The van der Waals surface area contributed by atoms with Crippen LogP contribution in [0.25, 0.3) is 6.08 Å². The van der Waals surface area contributed by atoms with E-state index in [-0.39, 0.29) is 17.2 Å². The number of nitrogens with one attached hydrogen (secondary N) is 1. The number of carbonyl (C=O) groups is 2. The molecule has 1 aliphatic rings. The quantitative estimate of drug-likeness (QED) is 0.186. The zero-order valence-corrected chi connectivity index (χ0v) is 20.1. The minimum atomic E-state index is -0.538. The number of ether oxygens (including phenoxy) is 2. The maximum atomic E-state index is 12.7. The molecular weight excluding hydrogens is 527 g/mol. The fourth-order valence-electron chi connectivity index (χ4n) is 2.96. The Balaban J connectivity index is 1.88. The van der Waals surface area contributed by atoms with E-state index in [4.69, 9.17) is 21.7 Å². The topological polar surface area (TPSA) is 67.9 Å². The van der Waals surface area contributed by atoms with Gasteiger partial charge in [0.1, 0.15) is 12.2 Å². The minimum Gasteiger partial charge on any atom is -0.493 e. The summed E-state index contributed by atoms with van der Waals surface area (Å²) in [5, 5.41) is 2.60. The molecule has 2 aromatic carbocycles. The molecule has 0 atom stereocenters. The largest absolute Gasteiger partial charge is 0.493 e. The van der Waals surface area contributed by atoms with Gasteiger partial charge < -0.3 is 9.47 Å². The number of rotatable bonds is 7. The second-order valence-corrected chi connectivity index (χ2v) is 8.38. The van der Waals surface area contributed by atoms with Gasteiger partial charge in [0, 0.05) is 6.54 Å². The van der Waals surface area contributed by atoms with Gasteiger partial charge in [0.15, 0.2) is 16.6 Å². The summed E-state index contributed by atoms with van der Waals surface area (Å²) in [6.07, 6.45) is 3.06. The Kier molecular flexibility index (Phi) is 7.45. The molecule has 1 saturated heterocycles. The van der Waals surface area contributed by atoms with Gasteiger partial charge in [0.2, 0.25) is 0 Å². The molecule has 0 unspecified atom stereocenters.